The molecule has 5 bridgehead atoms. The number of oxime groups is 1. The molecule has 5 aliphatic heterocycles. The number of aliphatic hydroxyl groups excluding tert-OH is 2. The van der Waals surface area contributed by atoms with Crippen LogP contribution in [0, 0.1) is 50.3 Å². The molecule has 20 heteroatoms. The van der Waals surface area contributed by atoms with Gasteiger partial charge in [0.05, 0.1) is 70.9 Å². The molecule has 2 aliphatic carbocycles. The minimum absolute atomic E-state index is 0.0347. The number of ether oxygens (including phenoxy) is 4. The van der Waals surface area contributed by atoms with Crippen LogP contribution in [0.1, 0.15) is 140 Å². The number of Topliss-reactive ketones (excluding diaryl/α,β-unsaturated/α-hetero) is 3. The first-order chi connectivity index (χ1) is 37.9. The maximum Gasteiger partial charge on any atom is 0.312 e. The molecule has 0 radical (unpaired) electrons. The largest absolute Gasteiger partial charge is 0.507 e. The molecule has 1 aromatic carbocycles. The Morgan fingerprint density at radius 3 is 2.24 bits per heavy atom. The Bertz CT molecular complexity index is 3290. The van der Waals surface area contributed by atoms with E-state index >= 15 is 9.18 Å². The molecule has 1 unspecified atom stereocenters. The van der Waals surface area contributed by atoms with Crippen molar-refractivity contribution in [3.8, 4) is 11.5 Å². The molecule has 3 fully saturated rings. The summed E-state index contributed by atoms with van der Waals surface area (Å²) in [4.78, 5) is 94.5. The smallest absolute Gasteiger partial charge is 0.312 e. The third-order valence-corrected chi connectivity index (χ3v) is 17.0. The number of carbonyl (C=O) groups excluding carboxylic acids is 5. The molecule has 7 aliphatic rings. The van der Waals surface area contributed by atoms with E-state index in [0.717, 1.165) is 23.9 Å². The van der Waals surface area contributed by atoms with Gasteiger partial charge in [0.25, 0.3) is 17.2 Å². The van der Waals surface area contributed by atoms with Gasteiger partial charge in [0.1, 0.15) is 35.1 Å². The number of nitrogens with zero attached hydrogens (tertiary/aromatic N) is 4. The zero-order valence-corrected chi connectivity index (χ0v) is 47.2. The average molecular weight is 1110 g/mol. The Balaban J connectivity index is 1.01. The van der Waals surface area contributed by atoms with E-state index in [-0.39, 0.29) is 59.6 Å². The Hall–Kier alpha value is -7.16. The Morgan fingerprint density at radius 2 is 1.57 bits per heavy atom. The number of aromatic nitrogens is 1. The van der Waals surface area contributed by atoms with Crippen LogP contribution in [-0.4, -0.2) is 129 Å². The topological polar surface area (TPSA) is 245 Å². The number of phenolic OH excluding ortho intramolecular Hbond substituents is 1. The molecule has 1 saturated carbocycles. The molecule has 19 nitrogen and oxygen atoms in total. The molecule has 4 N–H and O–H groups in total. The number of allylic oxidation sites excluding steroid dienone is 4. The lowest BCUT2D eigenvalue weighted by Crippen LogP contribution is -2.46. The Morgan fingerprint density at radius 1 is 0.875 bits per heavy atom. The number of hydrogen-bond acceptors (Lipinski definition) is 17. The number of phenols is 1. The summed E-state index contributed by atoms with van der Waals surface area (Å²) in [7, 11) is 1.42. The number of benzene rings is 1. The molecule has 0 spiro atoms. The van der Waals surface area contributed by atoms with Crippen LogP contribution in [-0.2, 0) is 28.6 Å². The maximum absolute atomic E-state index is 16.0. The molecule has 80 heavy (non-hydrogen) atoms. The normalized spacial score (nSPS) is 30.2. The SMILES string of the molecule is CO[C@H]1/C=C/O[C@@]2(C)Oc3c(C)c(O)c4c(c3C2=O)C(=O)C(N2CCC(=NOC3CCN(c5c(F)cn6c(=O)c(C)cc(C7CC7)c6c5C)C3)CC2)=C(NC(=O)/C(C)=C\C=C\[C@H](C)[C@H](O)[C@@H](C)[C@@H](O)[C@@H](C)[C@H](OC(C)=O)[C@@H]1C)C4=O. The van der Waals surface area contributed by atoms with Gasteiger partial charge >= 0.3 is 11.8 Å². The third kappa shape index (κ3) is 10.4. The lowest BCUT2D eigenvalue weighted by Gasteiger charge is -2.38. The molecule has 1 amide bonds. The number of carbonyl (C=O) groups is 5. The second-order valence-corrected chi connectivity index (χ2v) is 22.7. The van der Waals surface area contributed by atoms with E-state index in [2.05, 4.69) is 10.5 Å². The van der Waals surface area contributed by atoms with E-state index in [9.17, 15) is 39.3 Å². The number of rotatable bonds is 7. The van der Waals surface area contributed by atoms with E-state index < -0.39 is 118 Å². The lowest BCUT2D eigenvalue weighted by molar-refractivity contribution is -0.160. The van der Waals surface area contributed by atoms with Gasteiger partial charge in [-0.1, -0.05) is 51.1 Å². The highest BCUT2D eigenvalue weighted by molar-refractivity contribution is 6.32. The highest BCUT2D eigenvalue weighted by Crippen LogP contribution is 2.49. The summed E-state index contributed by atoms with van der Waals surface area (Å²) in [5.74, 6) is -9.79. The zero-order chi connectivity index (χ0) is 58.0. The van der Waals surface area contributed by atoms with Gasteiger partial charge in [0.2, 0.25) is 11.6 Å². The first-order valence-corrected chi connectivity index (χ1v) is 27.5. The standard InChI is InChI=1S/C60H72FN5O14/c1-28-13-12-14-29(2)58(74)62-46-49(64-21-17-38(18-22-64)63-80-39-19-23-65(26-39)48-32(5)47-40(37-15-16-37)25-30(3)59(75)66(47)27-41(48)61)54(72)43-44(53(46)71)52(70)35(8)56-45(43)57(73)60(10,79-56)77-24-20-42(76-11)31(4)55(78-36(9)67)34(7)51(69)33(6)50(28)68/h12-14,20,24-25,27-28,31,33-34,37,39,42,50-51,55,68-70H,15-19,21-23,26H2,1-11H3,(H,62,74)/b13-12+,24-20+,29-14-/t28-,31+,33+,34+,39?,42-,50-,51+,55+,60-/m0/s1. The van der Waals surface area contributed by atoms with Gasteiger partial charge in [0.15, 0.2) is 5.82 Å². The molecule has 428 valence electrons. The van der Waals surface area contributed by atoms with Gasteiger partial charge in [-0.15, -0.1) is 0 Å². The number of aliphatic hydroxyl groups is 2. The maximum atomic E-state index is 16.0. The summed E-state index contributed by atoms with van der Waals surface area (Å²) < 4.78 is 41.2. The van der Waals surface area contributed by atoms with Crippen LogP contribution in [0.25, 0.3) is 5.52 Å². The van der Waals surface area contributed by atoms with Crippen molar-refractivity contribution in [3.63, 3.8) is 0 Å². The van der Waals surface area contributed by atoms with Crippen molar-refractivity contribution in [1.29, 1.82) is 0 Å². The minimum atomic E-state index is -2.15. The predicted octanol–water partition coefficient (Wildman–Crippen LogP) is 6.95. The summed E-state index contributed by atoms with van der Waals surface area (Å²) in [6, 6.07) is 1.94. The van der Waals surface area contributed by atoms with E-state index in [1.54, 1.807) is 51.7 Å². The van der Waals surface area contributed by atoms with Crippen LogP contribution >= 0.6 is 0 Å². The third-order valence-electron chi connectivity index (χ3n) is 17.0. The lowest BCUT2D eigenvalue weighted by atomic mass is 9.78. The van der Waals surface area contributed by atoms with E-state index in [4.69, 9.17) is 23.8 Å². The van der Waals surface area contributed by atoms with Crippen LogP contribution in [0.15, 0.2) is 69.7 Å². The molecule has 7 heterocycles. The van der Waals surface area contributed by atoms with E-state index in [0.29, 0.717) is 48.0 Å². The Kier molecular flexibility index (Phi) is 16.1. The predicted molar refractivity (Wildman–Crippen MR) is 293 cm³/mol. The molecule has 2 aromatic heterocycles. The second kappa shape index (κ2) is 22.4. The van der Waals surface area contributed by atoms with Gasteiger partial charge < -0.3 is 54.2 Å². The fourth-order valence-corrected chi connectivity index (χ4v) is 12.1. The number of likely N-dealkylation sites (tertiary alicyclic amines) is 1. The molecule has 2 saturated heterocycles. The number of piperidine rings is 1. The number of hydrogen-bond donors (Lipinski definition) is 4. The number of halogens is 1. The Labute approximate surface area is 463 Å². The highest BCUT2D eigenvalue weighted by atomic mass is 19.1. The minimum Gasteiger partial charge on any atom is -0.507 e. The van der Waals surface area contributed by atoms with Gasteiger partial charge in [-0.25, -0.2) is 4.39 Å². The van der Waals surface area contributed by atoms with Gasteiger partial charge in [0, 0.05) is 100 Å². The fraction of sp³-hybridized carbons (Fsp3) is 0.517. The zero-order valence-electron chi connectivity index (χ0n) is 47.2. The number of fused-ring (bicyclic) bond motifs is 15. The van der Waals surface area contributed by atoms with Crippen molar-refractivity contribution >= 4 is 46.1 Å². The van der Waals surface area contributed by atoms with Crippen LogP contribution < -0.4 is 20.5 Å². The second-order valence-electron chi connectivity index (χ2n) is 22.7. The summed E-state index contributed by atoms with van der Waals surface area (Å²) in [6.45, 7) is 17.0. The first-order valence-electron chi connectivity index (χ1n) is 27.5. The fourth-order valence-electron chi connectivity index (χ4n) is 12.1. The number of esters is 1. The van der Waals surface area contributed by atoms with Gasteiger partial charge in [-0.2, -0.15) is 0 Å². The van der Waals surface area contributed by atoms with Crippen LogP contribution in [0.2, 0.25) is 0 Å². The molecule has 10 rings (SSSR count). The number of aromatic hydroxyl groups is 1. The van der Waals surface area contributed by atoms with Gasteiger partial charge in [-0.3, -0.25) is 33.2 Å². The van der Waals surface area contributed by atoms with Crippen molar-refractivity contribution in [2.45, 2.75) is 144 Å². The molecule has 3 aromatic rings. The van der Waals surface area contributed by atoms with E-state index in [1.807, 2.05) is 17.9 Å². The number of amides is 1. The van der Waals surface area contributed by atoms with Gasteiger partial charge in [-0.05, 0) is 69.7 Å². The number of pyridine rings is 2. The van der Waals surface area contributed by atoms with Crippen molar-refractivity contribution < 1.29 is 67.5 Å². The quantitative estimate of drug-likeness (QED) is 0.138. The van der Waals surface area contributed by atoms with Crippen LogP contribution in [0.4, 0.5) is 10.1 Å². The first kappa shape index (κ1) is 57.5. The van der Waals surface area contributed by atoms with Crippen molar-refractivity contribution in [2.75, 3.05) is 38.2 Å². The summed E-state index contributed by atoms with van der Waals surface area (Å²) in [6.07, 6.45) is 7.23. The van der Waals surface area contributed by atoms with Crippen LogP contribution in [0.3, 0.4) is 0 Å². The monoisotopic (exact) mass is 1110 g/mol. The average Bonchev–Trinajstić information content (AvgIpc) is 4.19. The summed E-state index contributed by atoms with van der Waals surface area (Å²) >= 11 is 0. The number of nitrogens with one attached hydrogen (secondary N) is 1. The summed E-state index contributed by atoms with van der Waals surface area (Å²) in [5, 5.41) is 42.2. The highest BCUT2D eigenvalue weighted by Gasteiger charge is 2.53. The molecular weight excluding hydrogens is 1030 g/mol. The molecular formula is C60H72FN5O14. The summed E-state index contributed by atoms with van der Waals surface area (Å²) in [5.41, 5.74) is 2.09. The molecule has 10 atom stereocenters. The number of ketones is 3. The number of aryl methyl sites for hydroxylation is 2. The van der Waals surface area contributed by atoms with E-state index in [1.165, 1.54) is 63.8 Å². The number of methoxy groups -OCH3 is 1. The van der Waals surface area contributed by atoms with Crippen molar-refractivity contribution in [2.24, 2.45) is 28.8 Å². The van der Waals surface area contributed by atoms with Crippen LogP contribution in [0.5, 0.6) is 11.5 Å². The van der Waals surface area contributed by atoms with Crippen molar-refractivity contribution in [3.05, 3.63) is 115 Å². The van der Waals surface area contributed by atoms with Crippen molar-refractivity contribution in [1.82, 2.24) is 14.6 Å². The number of anilines is 1.